The molecule has 1 aliphatic heterocycles. The topological polar surface area (TPSA) is 9.23 Å². The maximum absolute atomic E-state index is 5.60. The molecule has 0 aromatic rings. The molecular formula is C22H36O. The minimum atomic E-state index is 0.637. The summed E-state index contributed by atoms with van der Waals surface area (Å²) < 4.78 is 5.60. The highest BCUT2D eigenvalue weighted by atomic mass is 16.5. The zero-order valence-corrected chi connectivity index (χ0v) is 15.4. The molecule has 1 nitrogen and oxygen atoms in total. The second-order valence-electron chi connectivity index (χ2n) is 10.4. The molecule has 5 rings (SSSR count). The summed E-state index contributed by atoms with van der Waals surface area (Å²) in [5, 5.41) is 0. The number of hydrogen-bond donors (Lipinski definition) is 0. The predicted octanol–water partition coefficient (Wildman–Crippen LogP) is 5.68. The van der Waals surface area contributed by atoms with Gasteiger partial charge >= 0.3 is 0 Å². The van der Waals surface area contributed by atoms with E-state index in [2.05, 4.69) is 13.8 Å². The zero-order valence-electron chi connectivity index (χ0n) is 15.4. The minimum absolute atomic E-state index is 0.637. The van der Waals surface area contributed by atoms with Gasteiger partial charge in [-0.1, -0.05) is 20.3 Å². The molecule has 0 aromatic heterocycles. The molecule has 0 bridgehead atoms. The molecule has 0 aromatic carbocycles. The van der Waals surface area contributed by atoms with Gasteiger partial charge in [-0.25, -0.2) is 0 Å². The molecule has 0 N–H and O–H groups in total. The summed E-state index contributed by atoms with van der Waals surface area (Å²) in [5.41, 5.74) is 1.35. The van der Waals surface area contributed by atoms with Crippen LogP contribution in [-0.4, -0.2) is 13.2 Å². The fourth-order valence-electron chi connectivity index (χ4n) is 8.50. The number of rotatable bonds is 1. The minimum Gasteiger partial charge on any atom is -0.380 e. The molecule has 0 radical (unpaired) electrons. The third kappa shape index (κ3) is 2.07. The van der Waals surface area contributed by atoms with Crippen LogP contribution in [0.1, 0.15) is 78.1 Å². The Balaban J connectivity index is 1.35. The van der Waals surface area contributed by atoms with Crippen LogP contribution in [0.3, 0.4) is 0 Å². The van der Waals surface area contributed by atoms with Crippen molar-refractivity contribution in [3.05, 3.63) is 0 Å². The van der Waals surface area contributed by atoms with Gasteiger partial charge in [0.2, 0.25) is 0 Å². The Kier molecular flexibility index (Phi) is 3.46. The molecule has 23 heavy (non-hydrogen) atoms. The third-order valence-electron chi connectivity index (χ3n) is 9.73. The van der Waals surface area contributed by atoms with Gasteiger partial charge in [0.25, 0.3) is 0 Å². The second kappa shape index (κ2) is 5.23. The van der Waals surface area contributed by atoms with Gasteiger partial charge in [-0.05, 0) is 98.7 Å². The van der Waals surface area contributed by atoms with E-state index in [1.807, 2.05) is 0 Å². The van der Waals surface area contributed by atoms with Gasteiger partial charge in [-0.15, -0.1) is 0 Å². The van der Waals surface area contributed by atoms with E-state index >= 15 is 0 Å². The van der Waals surface area contributed by atoms with Crippen molar-refractivity contribution in [2.75, 3.05) is 13.2 Å². The molecule has 130 valence electrons. The van der Waals surface area contributed by atoms with Crippen molar-refractivity contribution in [2.24, 2.45) is 46.3 Å². The van der Waals surface area contributed by atoms with E-state index in [4.69, 9.17) is 4.74 Å². The Morgan fingerprint density at radius 1 is 0.870 bits per heavy atom. The monoisotopic (exact) mass is 316 g/mol. The standard InChI is InChI=1S/C22H36O/c1-3-16-5-7-20-19-6-4-15-12-22(13-23-14-22)11-9-17(15)18(19)8-10-21(16,20)2/h15-20H,3-14H2,1-2H3/t15-,16-,17-,18+,19+,20-,21+/m0/s1. The third-order valence-corrected chi connectivity index (χ3v) is 9.73. The summed E-state index contributed by atoms with van der Waals surface area (Å²) >= 11 is 0. The van der Waals surface area contributed by atoms with E-state index in [0.29, 0.717) is 10.8 Å². The Morgan fingerprint density at radius 3 is 2.43 bits per heavy atom. The van der Waals surface area contributed by atoms with Crippen molar-refractivity contribution in [1.29, 1.82) is 0 Å². The molecular weight excluding hydrogens is 280 g/mol. The molecule has 4 aliphatic carbocycles. The lowest BCUT2D eigenvalue weighted by Gasteiger charge is -2.59. The van der Waals surface area contributed by atoms with Crippen LogP contribution in [0.15, 0.2) is 0 Å². The average molecular weight is 317 g/mol. The highest BCUT2D eigenvalue weighted by Gasteiger charge is 2.57. The first-order chi connectivity index (χ1) is 11.2. The molecule has 7 atom stereocenters. The van der Waals surface area contributed by atoms with Crippen LogP contribution in [0, 0.1) is 46.3 Å². The van der Waals surface area contributed by atoms with Crippen LogP contribution in [0.2, 0.25) is 0 Å². The van der Waals surface area contributed by atoms with Crippen LogP contribution in [-0.2, 0) is 4.74 Å². The normalized spacial score (nSPS) is 54.0. The fourth-order valence-corrected chi connectivity index (χ4v) is 8.50. The second-order valence-corrected chi connectivity index (χ2v) is 10.4. The molecule has 1 saturated heterocycles. The molecule has 1 spiro atoms. The van der Waals surface area contributed by atoms with Crippen molar-refractivity contribution in [2.45, 2.75) is 78.1 Å². The smallest absolute Gasteiger partial charge is 0.0544 e. The first-order valence-corrected chi connectivity index (χ1v) is 10.7. The van der Waals surface area contributed by atoms with Crippen molar-refractivity contribution in [1.82, 2.24) is 0 Å². The quantitative estimate of drug-likeness (QED) is 0.604. The van der Waals surface area contributed by atoms with Crippen LogP contribution >= 0.6 is 0 Å². The van der Waals surface area contributed by atoms with Crippen molar-refractivity contribution < 1.29 is 4.74 Å². The first-order valence-electron chi connectivity index (χ1n) is 10.7. The van der Waals surface area contributed by atoms with Gasteiger partial charge in [-0.3, -0.25) is 0 Å². The van der Waals surface area contributed by atoms with E-state index in [1.165, 1.54) is 32.1 Å². The van der Waals surface area contributed by atoms with E-state index in [9.17, 15) is 0 Å². The van der Waals surface area contributed by atoms with Crippen LogP contribution in [0.25, 0.3) is 0 Å². The van der Waals surface area contributed by atoms with Crippen molar-refractivity contribution >= 4 is 0 Å². The first kappa shape index (κ1) is 15.2. The molecule has 0 unspecified atom stereocenters. The van der Waals surface area contributed by atoms with Crippen LogP contribution in [0.5, 0.6) is 0 Å². The van der Waals surface area contributed by atoms with Gasteiger partial charge < -0.3 is 4.74 Å². The number of ether oxygens (including phenoxy) is 1. The van der Waals surface area contributed by atoms with Crippen LogP contribution < -0.4 is 0 Å². The number of hydrogen-bond acceptors (Lipinski definition) is 1. The SMILES string of the molecule is CC[C@H]1CC[C@H]2[C@@H]3CC[C@H]4CC5(CC[C@@H]4[C@H]3CC[C@]12C)COC5. The van der Waals surface area contributed by atoms with E-state index in [1.54, 1.807) is 32.1 Å². The van der Waals surface area contributed by atoms with Crippen molar-refractivity contribution in [3.8, 4) is 0 Å². The molecule has 4 saturated carbocycles. The van der Waals surface area contributed by atoms with Crippen molar-refractivity contribution in [3.63, 3.8) is 0 Å². The fraction of sp³-hybridized carbons (Fsp3) is 1.00. The van der Waals surface area contributed by atoms with Crippen LogP contribution in [0.4, 0.5) is 0 Å². The van der Waals surface area contributed by atoms with E-state index in [0.717, 1.165) is 48.7 Å². The Morgan fingerprint density at radius 2 is 1.70 bits per heavy atom. The summed E-state index contributed by atoms with van der Waals surface area (Å²) in [6, 6.07) is 0. The molecule has 5 fully saturated rings. The maximum Gasteiger partial charge on any atom is 0.0544 e. The Hall–Kier alpha value is -0.0400. The summed E-state index contributed by atoms with van der Waals surface area (Å²) in [5.74, 6) is 6.45. The highest BCUT2D eigenvalue weighted by Crippen LogP contribution is 2.65. The molecule has 5 aliphatic rings. The molecule has 1 heteroatoms. The predicted molar refractivity (Wildman–Crippen MR) is 94.1 cm³/mol. The summed E-state index contributed by atoms with van der Waals surface area (Å²) in [4.78, 5) is 0. The highest BCUT2D eigenvalue weighted by molar-refractivity contribution is 5.07. The maximum atomic E-state index is 5.60. The summed E-state index contributed by atoms with van der Waals surface area (Å²) in [7, 11) is 0. The molecule has 1 heterocycles. The number of fused-ring (bicyclic) bond motifs is 5. The zero-order chi connectivity index (χ0) is 15.7. The summed E-state index contributed by atoms with van der Waals surface area (Å²) in [6.45, 7) is 7.30. The largest absolute Gasteiger partial charge is 0.380 e. The lowest BCUT2D eigenvalue weighted by atomic mass is 9.48. The Bertz CT molecular complexity index is 467. The van der Waals surface area contributed by atoms with Gasteiger partial charge in [0, 0.05) is 5.41 Å². The van der Waals surface area contributed by atoms with Gasteiger partial charge in [0.05, 0.1) is 13.2 Å². The average Bonchev–Trinajstić information content (AvgIpc) is 2.89. The summed E-state index contributed by atoms with van der Waals surface area (Å²) in [6.07, 6.45) is 15.3. The Labute approximate surface area is 142 Å². The van der Waals surface area contributed by atoms with E-state index in [-0.39, 0.29) is 0 Å². The lowest BCUT2D eigenvalue weighted by molar-refractivity contribution is -0.168. The van der Waals surface area contributed by atoms with Gasteiger partial charge in [-0.2, -0.15) is 0 Å². The van der Waals surface area contributed by atoms with Gasteiger partial charge in [0.1, 0.15) is 0 Å². The van der Waals surface area contributed by atoms with Gasteiger partial charge in [0.15, 0.2) is 0 Å². The lowest BCUT2D eigenvalue weighted by Crippen LogP contribution is -2.53. The van der Waals surface area contributed by atoms with E-state index < -0.39 is 0 Å². The molecule has 0 amide bonds.